The zero-order valence-electron chi connectivity index (χ0n) is 8.39. The quantitative estimate of drug-likeness (QED) is 0.719. The van der Waals surface area contributed by atoms with Gasteiger partial charge in [0.2, 0.25) is 0 Å². The number of oxime groups is 1. The van der Waals surface area contributed by atoms with E-state index in [1.807, 2.05) is 6.07 Å². The number of halogens is 2. The molecule has 1 aliphatic carbocycles. The van der Waals surface area contributed by atoms with Crippen molar-refractivity contribution in [3.63, 3.8) is 0 Å². The van der Waals surface area contributed by atoms with Gasteiger partial charge in [0.05, 0.1) is 5.71 Å². The Morgan fingerprint density at radius 3 is 2.93 bits per heavy atom. The van der Waals surface area contributed by atoms with E-state index < -0.39 is 0 Å². The van der Waals surface area contributed by atoms with Gasteiger partial charge >= 0.3 is 0 Å². The fourth-order valence-corrected chi connectivity index (χ4v) is 2.40. The molecule has 2 nitrogen and oxygen atoms in total. The molecular formula is C11H11BrFNO. The van der Waals surface area contributed by atoms with Gasteiger partial charge in [-0.3, -0.25) is 0 Å². The minimum absolute atomic E-state index is 0.227. The van der Waals surface area contributed by atoms with Crippen LogP contribution in [0.25, 0.3) is 0 Å². The molecule has 0 amide bonds. The lowest BCUT2D eigenvalue weighted by molar-refractivity contribution is 0.212. The van der Waals surface area contributed by atoms with E-state index in [1.54, 1.807) is 0 Å². The van der Waals surface area contributed by atoms with E-state index in [9.17, 15) is 4.39 Å². The first kappa shape index (κ1) is 10.6. The number of benzene rings is 1. The average Bonchev–Trinajstić information content (AvgIpc) is 2.17. The Morgan fingerprint density at radius 1 is 1.40 bits per heavy atom. The smallest absolute Gasteiger partial charge is 0.133 e. The van der Waals surface area contributed by atoms with Crippen molar-refractivity contribution >= 4 is 21.6 Å². The molecular weight excluding hydrogens is 261 g/mol. The topological polar surface area (TPSA) is 21.6 Å². The molecule has 0 atom stereocenters. The summed E-state index contributed by atoms with van der Waals surface area (Å²) in [7, 11) is 1.48. The second-order valence-electron chi connectivity index (χ2n) is 3.50. The standard InChI is InChI=1S/C11H11BrFNO/c1-15-14-10-4-2-3-7-5-8(12)6-9(13)11(7)10/h5-6H,2-4H2,1H3/b14-10+. The maximum Gasteiger partial charge on any atom is 0.133 e. The first-order valence-corrected chi connectivity index (χ1v) is 5.60. The van der Waals surface area contributed by atoms with Crippen LogP contribution in [0, 0.1) is 5.82 Å². The van der Waals surface area contributed by atoms with Crippen LogP contribution in [0.1, 0.15) is 24.0 Å². The molecule has 0 saturated carbocycles. The fraction of sp³-hybridized carbons (Fsp3) is 0.364. The van der Waals surface area contributed by atoms with Crippen LogP contribution in [-0.2, 0) is 11.3 Å². The average molecular weight is 272 g/mol. The van der Waals surface area contributed by atoms with E-state index in [0.29, 0.717) is 11.3 Å². The van der Waals surface area contributed by atoms with Crippen molar-refractivity contribution in [3.05, 3.63) is 33.5 Å². The second-order valence-corrected chi connectivity index (χ2v) is 4.41. The number of fused-ring (bicyclic) bond motifs is 1. The lowest BCUT2D eigenvalue weighted by Gasteiger charge is -2.18. The van der Waals surface area contributed by atoms with Crippen LogP contribution >= 0.6 is 15.9 Å². The van der Waals surface area contributed by atoms with Crippen molar-refractivity contribution in [2.45, 2.75) is 19.3 Å². The number of rotatable bonds is 1. The molecule has 4 heteroatoms. The maximum absolute atomic E-state index is 13.7. The van der Waals surface area contributed by atoms with Gasteiger partial charge in [0, 0.05) is 10.0 Å². The summed E-state index contributed by atoms with van der Waals surface area (Å²) in [6.45, 7) is 0. The van der Waals surface area contributed by atoms with Crippen molar-refractivity contribution in [1.29, 1.82) is 0 Å². The highest BCUT2D eigenvalue weighted by atomic mass is 79.9. The van der Waals surface area contributed by atoms with Gasteiger partial charge in [-0.1, -0.05) is 21.1 Å². The van der Waals surface area contributed by atoms with Gasteiger partial charge in [-0.05, 0) is 37.0 Å². The molecule has 0 N–H and O–H groups in total. The van der Waals surface area contributed by atoms with Crippen molar-refractivity contribution in [1.82, 2.24) is 0 Å². The third kappa shape index (κ3) is 2.04. The molecule has 0 saturated heterocycles. The summed E-state index contributed by atoms with van der Waals surface area (Å²) in [4.78, 5) is 4.73. The predicted octanol–water partition coefficient (Wildman–Crippen LogP) is 3.28. The summed E-state index contributed by atoms with van der Waals surface area (Å²) in [6.07, 6.45) is 2.67. The first-order chi connectivity index (χ1) is 7.22. The van der Waals surface area contributed by atoms with E-state index in [4.69, 9.17) is 4.84 Å². The van der Waals surface area contributed by atoms with Crippen molar-refractivity contribution in [2.75, 3.05) is 7.11 Å². The van der Waals surface area contributed by atoms with Gasteiger partial charge < -0.3 is 4.84 Å². The Kier molecular flexibility index (Phi) is 3.05. The summed E-state index contributed by atoms with van der Waals surface area (Å²) in [6, 6.07) is 3.41. The molecule has 1 aromatic rings. The molecule has 0 spiro atoms. The Morgan fingerprint density at radius 2 is 2.20 bits per heavy atom. The number of aryl methyl sites for hydroxylation is 1. The van der Waals surface area contributed by atoms with Crippen molar-refractivity contribution in [2.24, 2.45) is 5.16 Å². The predicted molar refractivity (Wildman–Crippen MR) is 60.6 cm³/mol. The SMILES string of the molecule is CO/N=C1\CCCc2cc(Br)cc(F)c21. The van der Waals surface area contributed by atoms with Crippen LogP contribution in [0.15, 0.2) is 21.8 Å². The van der Waals surface area contributed by atoms with Gasteiger partial charge in [0.1, 0.15) is 12.9 Å². The lowest BCUT2D eigenvalue weighted by Crippen LogP contribution is -2.14. The largest absolute Gasteiger partial charge is 0.399 e. The van der Waals surface area contributed by atoms with E-state index in [2.05, 4.69) is 21.1 Å². The molecule has 1 aromatic carbocycles. The number of hydrogen-bond donors (Lipinski definition) is 0. The zero-order valence-corrected chi connectivity index (χ0v) is 9.97. The van der Waals surface area contributed by atoms with E-state index in [0.717, 1.165) is 29.3 Å². The molecule has 80 valence electrons. The van der Waals surface area contributed by atoms with Crippen LogP contribution in [0.2, 0.25) is 0 Å². The molecule has 0 unspecified atom stereocenters. The summed E-state index contributed by atoms with van der Waals surface area (Å²) >= 11 is 3.29. The highest BCUT2D eigenvalue weighted by Crippen LogP contribution is 2.27. The highest BCUT2D eigenvalue weighted by molar-refractivity contribution is 9.10. The number of hydrogen-bond acceptors (Lipinski definition) is 2. The van der Waals surface area contributed by atoms with Gasteiger partial charge in [-0.25, -0.2) is 4.39 Å². The molecule has 0 bridgehead atoms. The first-order valence-electron chi connectivity index (χ1n) is 4.80. The van der Waals surface area contributed by atoms with E-state index in [-0.39, 0.29) is 5.82 Å². The number of nitrogens with zero attached hydrogens (tertiary/aromatic N) is 1. The second kappa shape index (κ2) is 4.31. The van der Waals surface area contributed by atoms with Gasteiger partial charge in [0.25, 0.3) is 0 Å². The molecule has 0 aromatic heterocycles. The minimum Gasteiger partial charge on any atom is -0.399 e. The van der Waals surface area contributed by atoms with E-state index >= 15 is 0 Å². The Labute approximate surface area is 96.2 Å². The summed E-state index contributed by atoms with van der Waals surface area (Å²) in [5.41, 5.74) is 2.33. The normalized spacial score (nSPS) is 17.7. The lowest BCUT2D eigenvalue weighted by atomic mass is 9.90. The molecule has 2 rings (SSSR count). The summed E-state index contributed by atoms with van der Waals surface area (Å²) in [5, 5.41) is 3.88. The van der Waals surface area contributed by atoms with Crippen molar-refractivity contribution < 1.29 is 9.23 Å². The molecule has 0 aliphatic heterocycles. The zero-order chi connectivity index (χ0) is 10.8. The van der Waals surface area contributed by atoms with Gasteiger partial charge in [-0.15, -0.1) is 0 Å². The molecule has 0 fully saturated rings. The van der Waals surface area contributed by atoms with Crippen LogP contribution in [0.5, 0.6) is 0 Å². The van der Waals surface area contributed by atoms with Gasteiger partial charge in [0.15, 0.2) is 0 Å². The highest BCUT2D eigenvalue weighted by Gasteiger charge is 2.20. The third-order valence-corrected chi connectivity index (χ3v) is 2.94. The summed E-state index contributed by atoms with van der Waals surface area (Å²) in [5.74, 6) is -0.227. The third-order valence-electron chi connectivity index (χ3n) is 2.49. The Bertz CT molecular complexity index is 417. The Balaban J connectivity index is 2.56. The maximum atomic E-state index is 13.7. The minimum atomic E-state index is -0.227. The van der Waals surface area contributed by atoms with Gasteiger partial charge in [-0.2, -0.15) is 0 Å². The monoisotopic (exact) mass is 271 g/mol. The fourth-order valence-electron chi connectivity index (χ4n) is 1.92. The van der Waals surface area contributed by atoms with Crippen LogP contribution in [0.3, 0.4) is 0 Å². The van der Waals surface area contributed by atoms with Crippen LogP contribution < -0.4 is 0 Å². The van der Waals surface area contributed by atoms with Crippen LogP contribution in [-0.4, -0.2) is 12.8 Å². The molecule has 1 aliphatic rings. The summed E-state index contributed by atoms with van der Waals surface area (Å²) < 4.78 is 14.5. The molecule has 0 radical (unpaired) electrons. The molecule has 15 heavy (non-hydrogen) atoms. The Hall–Kier alpha value is -0.900. The molecule has 0 heterocycles. The van der Waals surface area contributed by atoms with Crippen molar-refractivity contribution in [3.8, 4) is 0 Å². The van der Waals surface area contributed by atoms with E-state index in [1.165, 1.54) is 13.2 Å². The van der Waals surface area contributed by atoms with Crippen LogP contribution in [0.4, 0.5) is 4.39 Å².